The maximum Gasteiger partial charge on any atom is 0.230 e. The fourth-order valence-corrected chi connectivity index (χ4v) is 3.31. The number of nitrogens with one attached hydrogen (secondary N) is 1. The van der Waals surface area contributed by atoms with Crippen molar-refractivity contribution in [3.8, 4) is 11.5 Å². The Morgan fingerprint density at radius 3 is 3.00 bits per heavy atom. The first-order valence-electron chi connectivity index (χ1n) is 6.85. The number of fused-ring (bicyclic) bond motifs is 1. The SMILES string of the molecule is O=C(CSc1nncs1)NCCc1ccc2c(c1)OCCO2. The summed E-state index contributed by atoms with van der Waals surface area (Å²) in [5.41, 5.74) is 2.77. The lowest BCUT2D eigenvalue weighted by molar-refractivity contribution is -0.118. The van der Waals surface area contributed by atoms with Gasteiger partial charge in [-0.2, -0.15) is 0 Å². The van der Waals surface area contributed by atoms with Crippen molar-refractivity contribution in [1.29, 1.82) is 0 Å². The number of carbonyl (C=O) groups excluding carboxylic acids is 1. The second-order valence-electron chi connectivity index (χ2n) is 4.57. The third-order valence-corrected chi connectivity index (χ3v) is 4.87. The predicted octanol–water partition coefficient (Wildman–Crippen LogP) is 1.76. The Bertz CT molecular complexity index is 634. The molecule has 2 aromatic rings. The summed E-state index contributed by atoms with van der Waals surface area (Å²) in [5, 5.41) is 10.5. The molecule has 0 spiro atoms. The number of rotatable bonds is 6. The number of nitrogens with zero attached hydrogens (tertiary/aromatic N) is 2. The number of benzene rings is 1. The lowest BCUT2D eigenvalue weighted by atomic mass is 10.1. The van der Waals surface area contributed by atoms with E-state index in [2.05, 4.69) is 15.5 Å². The quantitative estimate of drug-likeness (QED) is 0.810. The average Bonchev–Trinajstić information content (AvgIpc) is 3.06. The standard InChI is InChI=1S/C14H15N3O3S2/c18-13(8-21-14-17-16-9-22-14)15-4-3-10-1-2-11-12(7-10)20-6-5-19-11/h1-2,7,9H,3-6,8H2,(H,15,18). The number of thioether (sulfide) groups is 1. The van der Waals surface area contributed by atoms with Gasteiger partial charge in [-0.15, -0.1) is 10.2 Å². The molecule has 1 amide bonds. The summed E-state index contributed by atoms with van der Waals surface area (Å²) in [6.07, 6.45) is 0.756. The maximum atomic E-state index is 11.7. The van der Waals surface area contributed by atoms with Gasteiger partial charge in [0.15, 0.2) is 15.8 Å². The average molecular weight is 337 g/mol. The summed E-state index contributed by atoms with van der Waals surface area (Å²) >= 11 is 2.83. The van der Waals surface area contributed by atoms with Gasteiger partial charge in [-0.3, -0.25) is 4.79 Å². The highest BCUT2D eigenvalue weighted by Gasteiger charge is 2.11. The molecular weight excluding hydrogens is 322 g/mol. The monoisotopic (exact) mass is 337 g/mol. The number of hydrogen-bond donors (Lipinski definition) is 1. The maximum absolute atomic E-state index is 11.7. The van der Waals surface area contributed by atoms with Crippen LogP contribution in [-0.4, -0.2) is 41.6 Å². The zero-order chi connectivity index (χ0) is 15.2. The van der Waals surface area contributed by atoms with Crippen molar-refractivity contribution in [2.75, 3.05) is 25.5 Å². The molecule has 1 aliphatic heterocycles. The van der Waals surface area contributed by atoms with E-state index in [1.807, 2.05) is 18.2 Å². The van der Waals surface area contributed by atoms with E-state index in [4.69, 9.17) is 9.47 Å². The lowest BCUT2D eigenvalue weighted by Gasteiger charge is -2.18. The van der Waals surface area contributed by atoms with Crippen LogP contribution in [-0.2, 0) is 11.2 Å². The second kappa shape index (κ2) is 7.46. The Labute approximate surface area is 136 Å². The van der Waals surface area contributed by atoms with Gasteiger partial charge in [-0.25, -0.2) is 0 Å². The van der Waals surface area contributed by atoms with E-state index < -0.39 is 0 Å². The molecule has 0 atom stereocenters. The molecule has 0 unspecified atom stereocenters. The highest BCUT2D eigenvalue weighted by atomic mass is 32.2. The molecule has 6 nitrogen and oxygen atoms in total. The van der Waals surface area contributed by atoms with Gasteiger partial charge in [0.1, 0.15) is 18.7 Å². The van der Waals surface area contributed by atoms with Crippen molar-refractivity contribution < 1.29 is 14.3 Å². The van der Waals surface area contributed by atoms with Crippen LogP contribution in [0.3, 0.4) is 0 Å². The molecule has 1 N–H and O–H groups in total. The molecular formula is C14H15N3O3S2. The van der Waals surface area contributed by atoms with Crippen molar-refractivity contribution in [2.45, 2.75) is 10.8 Å². The largest absolute Gasteiger partial charge is 0.486 e. The van der Waals surface area contributed by atoms with Crippen molar-refractivity contribution in [3.63, 3.8) is 0 Å². The first-order valence-corrected chi connectivity index (χ1v) is 8.72. The number of aromatic nitrogens is 2. The first-order chi connectivity index (χ1) is 10.8. The zero-order valence-electron chi connectivity index (χ0n) is 11.8. The van der Waals surface area contributed by atoms with Gasteiger partial charge < -0.3 is 14.8 Å². The third kappa shape index (κ3) is 4.11. The molecule has 2 heterocycles. The van der Waals surface area contributed by atoms with Gasteiger partial charge in [0.2, 0.25) is 5.91 Å². The summed E-state index contributed by atoms with van der Waals surface area (Å²) in [6.45, 7) is 1.76. The van der Waals surface area contributed by atoms with Crippen LogP contribution in [0.15, 0.2) is 28.0 Å². The zero-order valence-corrected chi connectivity index (χ0v) is 13.4. The Balaban J connectivity index is 1.41. The molecule has 1 aromatic carbocycles. The molecule has 0 saturated carbocycles. The highest BCUT2D eigenvalue weighted by molar-refractivity contribution is 8.01. The molecule has 3 rings (SSSR count). The van der Waals surface area contributed by atoms with Gasteiger partial charge in [-0.1, -0.05) is 29.2 Å². The first kappa shape index (κ1) is 15.1. The van der Waals surface area contributed by atoms with E-state index in [9.17, 15) is 4.79 Å². The summed E-state index contributed by atoms with van der Waals surface area (Å²) in [4.78, 5) is 11.7. The fourth-order valence-electron chi connectivity index (χ4n) is 1.99. The summed E-state index contributed by atoms with van der Waals surface area (Å²) < 4.78 is 11.8. The topological polar surface area (TPSA) is 73.3 Å². The summed E-state index contributed by atoms with van der Waals surface area (Å²) in [7, 11) is 0. The van der Waals surface area contributed by atoms with Gasteiger partial charge >= 0.3 is 0 Å². The molecule has 8 heteroatoms. The van der Waals surface area contributed by atoms with Crippen LogP contribution in [0.4, 0.5) is 0 Å². The van der Waals surface area contributed by atoms with E-state index >= 15 is 0 Å². The number of carbonyl (C=O) groups is 1. The van der Waals surface area contributed by atoms with Gasteiger partial charge in [-0.05, 0) is 24.1 Å². The smallest absolute Gasteiger partial charge is 0.230 e. The Morgan fingerprint density at radius 1 is 1.32 bits per heavy atom. The minimum atomic E-state index is -0.00209. The van der Waals surface area contributed by atoms with Crippen molar-refractivity contribution in [2.24, 2.45) is 0 Å². The molecule has 0 saturated heterocycles. The van der Waals surface area contributed by atoms with E-state index in [1.54, 1.807) is 5.51 Å². The Kier molecular flexibility index (Phi) is 5.12. The summed E-state index contributed by atoms with van der Waals surface area (Å²) in [5.74, 6) is 1.92. The van der Waals surface area contributed by atoms with Crippen LogP contribution in [0.2, 0.25) is 0 Å². The van der Waals surface area contributed by atoms with Crippen molar-refractivity contribution in [3.05, 3.63) is 29.3 Å². The molecule has 0 bridgehead atoms. The fraction of sp³-hybridized carbons (Fsp3) is 0.357. The Hall–Kier alpha value is -1.80. The molecule has 22 heavy (non-hydrogen) atoms. The van der Waals surface area contributed by atoms with Crippen molar-refractivity contribution >= 4 is 29.0 Å². The minimum Gasteiger partial charge on any atom is -0.486 e. The van der Waals surface area contributed by atoms with Gasteiger partial charge in [0.05, 0.1) is 5.75 Å². The van der Waals surface area contributed by atoms with Crippen molar-refractivity contribution in [1.82, 2.24) is 15.5 Å². The second-order valence-corrected chi connectivity index (χ2v) is 6.63. The molecule has 1 aromatic heterocycles. The molecule has 0 radical (unpaired) electrons. The van der Waals surface area contributed by atoms with E-state index in [-0.39, 0.29) is 5.91 Å². The number of amides is 1. The van der Waals surface area contributed by atoms with E-state index in [1.165, 1.54) is 23.1 Å². The summed E-state index contributed by atoms with van der Waals surface area (Å²) in [6, 6.07) is 5.88. The van der Waals surface area contributed by atoms with Crippen LogP contribution in [0.1, 0.15) is 5.56 Å². The minimum absolute atomic E-state index is 0.00209. The third-order valence-electron chi connectivity index (χ3n) is 3.01. The molecule has 0 aliphatic carbocycles. The predicted molar refractivity (Wildman–Crippen MR) is 84.8 cm³/mol. The van der Waals surface area contributed by atoms with Crippen LogP contribution in [0.25, 0.3) is 0 Å². The number of ether oxygens (including phenoxy) is 2. The van der Waals surface area contributed by atoms with Crippen LogP contribution >= 0.6 is 23.1 Å². The molecule has 1 aliphatic rings. The Morgan fingerprint density at radius 2 is 2.18 bits per heavy atom. The van der Waals surface area contributed by atoms with Gasteiger partial charge in [0, 0.05) is 6.54 Å². The lowest BCUT2D eigenvalue weighted by Crippen LogP contribution is -2.27. The van der Waals surface area contributed by atoms with Crippen LogP contribution < -0.4 is 14.8 Å². The van der Waals surface area contributed by atoms with Crippen LogP contribution in [0, 0.1) is 0 Å². The highest BCUT2D eigenvalue weighted by Crippen LogP contribution is 2.30. The van der Waals surface area contributed by atoms with Gasteiger partial charge in [0.25, 0.3) is 0 Å². The van der Waals surface area contributed by atoms with Crippen LogP contribution in [0.5, 0.6) is 11.5 Å². The molecule has 0 fully saturated rings. The number of hydrogen-bond acceptors (Lipinski definition) is 7. The normalized spacial score (nSPS) is 12.9. The van der Waals surface area contributed by atoms with E-state index in [0.717, 1.165) is 27.8 Å². The molecule has 116 valence electrons. The van der Waals surface area contributed by atoms with E-state index in [0.29, 0.717) is 25.5 Å².